The van der Waals surface area contributed by atoms with Crippen molar-refractivity contribution in [2.75, 3.05) is 19.6 Å². The van der Waals surface area contributed by atoms with Crippen LogP contribution in [0.2, 0.25) is 0 Å². The maximum absolute atomic E-state index is 12.7. The third kappa shape index (κ3) is 4.19. The van der Waals surface area contributed by atoms with Gasteiger partial charge in [-0.3, -0.25) is 19.1 Å². The van der Waals surface area contributed by atoms with Crippen molar-refractivity contribution in [3.63, 3.8) is 0 Å². The number of rotatable bonds is 8. The first-order valence-electron chi connectivity index (χ1n) is 9.07. The van der Waals surface area contributed by atoms with Crippen molar-refractivity contribution in [1.82, 2.24) is 25.2 Å². The highest BCUT2D eigenvalue weighted by molar-refractivity contribution is 6.05. The van der Waals surface area contributed by atoms with E-state index in [1.165, 1.54) is 4.57 Å². The van der Waals surface area contributed by atoms with E-state index in [1.54, 1.807) is 13.0 Å². The fraction of sp³-hybridized carbons (Fsp3) is 0.556. The van der Waals surface area contributed by atoms with E-state index in [1.807, 2.05) is 13.8 Å². The van der Waals surface area contributed by atoms with Gasteiger partial charge in [0.05, 0.1) is 10.9 Å². The van der Waals surface area contributed by atoms with Crippen LogP contribution in [0, 0.1) is 0 Å². The highest BCUT2D eigenvalue weighted by atomic mass is 16.2. The van der Waals surface area contributed by atoms with Crippen molar-refractivity contribution in [1.29, 1.82) is 0 Å². The van der Waals surface area contributed by atoms with Crippen molar-refractivity contribution in [3.8, 4) is 0 Å². The van der Waals surface area contributed by atoms with E-state index in [0.717, 1.165) is 13.0 Å². The zero-order valence-corrected chi connectivity index (χ0v) is 15.8. The molecular formula is C18H27N5O3. The van der Waals surface area contributed by atoms with Crippen molar-refractivity contribution >= 4 is 16.9 Å². The molecule has 8 heteroatoms. The molecule has 2 heterocycles. The van der Waals surface area contributed by atoms with Crippen LogP contribution in [0.15, 0.2) is 15.7 Å². The van der Waals surface area contributed by atoms with E-state index in [4.69, 9.17) is 0 Å². The number of H-pyrrole nitrogens is 1. The molecule has 0 saturated carbocycles. The molecule has 2 rings (SSSR count). The molecule has 0 fully saturated rings. The fourth-order valence-electron chi connectivity index (χ4n) is 2.72. The minimum Gasteiger partial charge on any atom is -0.351 e. The summed E-state index contributed by atoms with van der Waals surface area (Å²) in [6, 6.07) is 1.64. The Morgan fingerprint density at radius 3 is 2.58 bits per heavy atom. The lowest BCUT2D eigenvalue weighted by Gasteiger charge is -2.14. The molecule has 2 aromatic rings. The number of pyridine rings is 1. The minimum absolute atomic E-state index is 0.0527. The Labute approximate surface area is 152 Å². The molecule has 1 amide bonds. The van der Waals surface area contributed by atoms with Gasteiger partial charge in [0.25, 0.3) is 11.5 Å². The zero-order valence-electron chi connectivity index (χ0n) is 15.8. The summed E-state index contributed by atoms with van der Waals surface area (Å²) in [6.45, 7) is 10.1. The van der Waals surface area contributed by atoms with Crippen LogP contribution in [-0.4, -0.2) is 40.1 Å². The molecule has 2 aromatic heterocycles. The molecule has 0 spiro atoms. The summed E-state index contributed by atoms with van der Waals surface area (Å²) in [5.41, 5.74) is 0.0543. The number of carbonyl (C=O) groups excluding carboxylic acids is 1. The average Bonchev–Trinajstić information content (AvgIpc) is 2.60. The zero-order chi connectivity index (χ0) is 19.3. The highest BCUT2D eigenvalue weighted by Crippen LogP contribution is 2.19. The second kappa shape index (κ2) is 8.75. The van der Waals surface area contributed by atoms with Crippen LogP contribution in [0.5, 0.6) is 0 Å². The minimum atomic E-state index is -0.591. The van der Waals surface area contributed by atoms with Crippen LogP contribution in [-0.2, 0) is 6.54 Å². The molecule has 0 unspecified atom stereocenters. The van der Waals surface area contributed by atoms with Gasteiger partial charge >= 0.3 is 5.69 Å². The van der Waals surface area contributed by atoms with Crippen molar-refractivity contribution in [2.24, 2.45) is 0 Å². The van der Waals surface area contributed by atoms with Gasteiger partial charge in [0, 0.05) is 25.3 Å². The van der Waals surface area contributed by atoms with Crippen LogP contribution in [0.1, 0.15) is 56.1 Å². The van der Waals surface area contributed by atoms with Crippen LogP contribution in [0.4, 0.5) is 0 Å². The average molecular weight is 361 g/mol. The van der Waals surface area contributed by atoms with Crippen LogP contribution >= 0.6 is 0 Å². The van der Waals surface area contributed by atoms with Gasteiger partial charge in [-0.1, -0.05) is 20.8 Å². The second-order valence-electron chi connectivity index (χ2n) is 6.46. The van der Waals surface area contributed by atoms with Crippen molar-refractivity contribution in [3.05, 3.63) is 38.2 Å². The number of aryl methyl sites for hydroxylation is 1. The molecule has 3 N–H and O–H groups in total. The molecule has 0 aliphatic rings. The first-order chi connectivity index (χ1) is 12.4. The normalized spacial score (nSPS) is 11.3. The van der Waals surface area contributed by atoms with Gasteiger partial charge in [-0.25, -0.2) is 9.78 Å². The van der Waals surface area contributed by atoms with E-state index in [2.05, 4.69) is 27.5 Å². The predicted molar refractivity (Wildman–Crippen MR) is 102 cm³/mol. The van der Waals surface area contributed by atoms with Gasteiger partial charge < -0.3 is 10.6 Å². The van der Waals surface area contributed by atoms with Gasteiger partial charge in [0.15, 0.2) is 5.65 Å². The Balaban J connectivity index is 2.52. The largest absolute Gasteiger partial charge is 0.351 e. The number of aromatic nitrogens is 3. The number of nitrogens with zero attached hydrogens (tertiary/aromatic N) is 2. The molecular weight excluding hydrogens is 334 g/mol. The Bertz CT molecular complexity index is 898. The number of aromatic amines is 1. The van der Waals surface area contributed by atoms with E-state index in [9.17, 15) is 14.4 Å². The number of amides is 1. The Morgan fingerprint density at radius 2 is 1.96 bits per heavy atom. The Kier molecular flexibility index (Phi) is 6.68. The maximum Gasteiger partial charge on any atom is 0.329 e. The first-order valence-corrected chi connectivity index (χ1v) is 9.07. The van der Waals surface area contributed by atoms with Crippen LogP contribution < -0.4 is 21.9 Å². The van der Waals surface area contributed by atoms with Gasteiger partial charge in [0.1, 0.15) is 0 Å². The van der Waals surface area contributed by atoms with E-state index in [0.29, 0.717) is 25.3 Å². The topological polar surface area (TPSA) is 109 Å². The molecule has 142 valence electrons. The molecule has 8 nitrogen and oxygen atoms in total. The summed E-state index contributed by atoms with van der Waals surface area (Å²) in [6.07, 6.45) is 1.02. The Hall–Kier alpha value is -2.48. The number of fused-ring (bicyclic) bond motifs is 1. The van der Waals surface area contributed by atoms with E-state index in [-0.39, 0.29) is 28.4 Å². The lowest BCUT2D eigenvalue weighted by molar-refractivity contribution is 0.0955. The number of hydrogen-bond acceptors (Lipinski definition) is 5. The fourth-order valence-corrected chi connectivity index (χ4v) is 2.72. The van der Waals surface area contributed by atoms with Crippen molar-refractivity contribution < 1.29 is 4.79 Å². The summed E-state index contributed by atoms with van der Waals surface area (Å²) in [7, 11) is 0. The lowest BCUT2D eigenvalue weighted by Crippen LogP contribution is -2.35. The summed E-state index contributed by atoms with van der Waals surface area (Å²) >= 11 is 0. The van der Waals surface area contributed by atoms with Crippen LogP contribution in [0.3, 0.4) is 0 Å². The van der Waals surface area contributed by atoms with Crippen molar-refractivity contribution in [2.45, 2.75) is 46.6 Å². The first kappa shape index (κ1) is 19.8. The standard InChI is InChI=1S/C18H27N5O3/c1-5-7-19-8-9-20-16(24)12-10-13(11(3)4)21-15-14(12)17(25)22-18(26)23(15)6-2/h10-11,19H,5-9H2,1-4H3,(H,20,24)(H,22,25,26). The second-order valence-corrected chi connectivity index (χ2v) is 6.46. The lowest BCUT2D eigenvalue weighted by atomic mass is 10.0. The number of carbonyl (C=O) groups is 1. The molecule has 0 aliphatic heterocycles. The molecule has 0 radical (unpaired) electrons. The summed E-state index contributed by atoms with van der Waals surface area (Å²) < 4.78 is 1.38. The SMILES string of the molecule is CCCNCCNC(=O)c1cc(C(C)C)nc2c1c(=O)[nH]c(=O)n2CC. The smallest absolute Gasteiger partial charge is 0.329 e. The summed E-state index contributed by atoms with van der Waals surface area (Å²) in [4.78, 5) is 43.9. The van der Waals surface area contributed by atoms with E-state index < -0.39 is 11.2 Å². The van der Waals surface area contributed by atoms with Gasteiger partial charge in [-0.15, -0.1) is 0 Å². The monoisotopic (exact) mass is 361 g/mol. The highest BCUT2D eigenvalue weighted by Gasteiger charge is 2.19. The third-order valence-electron chi connectivity index (χ3n) is 4.14. The summed E-state index contributed by atoms with van der Waals surface area (Å²) in [5.74, 6) is -0.290. The number of hydrogen-bond donors (Lipinski definition) is 3. The molecule has 0 bridgehead atoms. The molecule has 0 aromatic carbocycles. The summed E-state index contributed by atoms with van der Waals surface area (Å²) in [5, 5.41) is 6.18. The molecule has 26 heavy (non-hydrogen) atoms. The Morgan fingerprint density at radius 1 is 1.23 bits per heavy atom. The third-order valence-corrected chi connectivity index (χ3v) is 4.14. The maximum atomic E-state index is 12.7. The quantitative estimate of drug-likeness (QED) is 0.607. The van der Waals surface area contributed by atoms with E-state index >= 15 is 0 Å². The van der Waals surface area contributed by atoms with Crippen LogP contribution in [0.25, 0.3) is 11.0 Å². The molecule has 0 saturated heterocycles. The van der Waals surface area contributed by atoms with Gasteiger partial charge in [-0.2, -0.15) is 0 Å². The van der Waals surface area contributed by atoms with Gasteiger partial charge in [0.2, 0.25) is 0 Å². The molecule has 0 aliphatic carbocycles. The van der Waals surface area contributed by atoms with Gasteiger partial charge in [-0.05, 0) is 31.9 Å². The molecule has 0 atom stereocenters. The predicted octanol–water partition coefficient (Wildman–Crippen LogP) is 0.957. The number of nitrogens with one attached hydrogen (secondary N) is 3.